The van der Waals surface area contributed by atoms with Gasteiger partial charge in [0.1, 0.15) is 12.4 Å². The summed E-state index contributed by atoms with van der Waals surface area (Å²) in [6.07, 6.45) is 1.15. The van der Waals surface area contributed by atoms with Crippen LogP contribution in [0, 0.1) is 0 Å². The number of ether oxygens (including phenoxy) is 2. The van der Waals surface area contributed by atoms with Gasteiger partial charge in [0.15, 0.2) is 0 Å². The molecule has 112 valence electrons. The molecule has 1 heterocycles. The van der Waals surface area contributed by atoms with Crippen molar-refractivity contribution < 1.29 is 9.47 Å². The third-order valence-corrected chi connectivity index (χ3v) is 3.06. The van der Waals surface area contributed by atoms with E-state index < -0.39 is 0 Å². The van der Waals surface area contributed by atoms with Crippen molar-refractivity contribution in [3.63, 3.8) is 0 Å². The molecule has 2 rings (SSSR count). The highest BCUT2D eigenvalue weighted by molar-refractivity contribution is 5.27. The lowest BCUT2D eigenvalue weighted by Crippen LogP contribution is -2.13. The molecule has 0 atom stereocenters. The van der Waals surface area contributed by atoms with E-state index >= 15 is 0 Å². The van der Waals surface area contributed by atoms with Crippen molar-refractivity contribution in [1.82, 2.24) is 10.3 Å². The first kappa shape index (κ1) is 15.3. The van der Waals surface area contributed by atoms with E-state index in [-0.39, 0.29) is 0 Å². The zero-order valence-corrected chi connectivity index (χ0v) is 12.6. The molecule has 0 amide bonds. The van der Waals surface area contributed by atoms with E-state index in [0.717, 1.165) is 31.0 Å². The van der Waals surface area contributed by atoms with Crippen LogP contribution in [0.25, 0.3) is 0 Å². The van der Waals surface area contributed by atoms with Crippen LogP contribution in [0.1, 0.15) is 24.6 Å². The Kier molecular flexibility index (Phi) is 6.03. The Balaban J connectivity index is 1.85. The quantitative estimate of drug-likeness (QED) is 0.757. The smallest absolute Gasteiger partial charge is 0.213 e. The van der Waals surface area contributed by atoms with Gasteiger partial charge in [-0.2, -0.15) is 0 Å². The number of pyridine rings is 1. The van der Waals surface area contributed by atoms with Crippen LogP contribution in [-0.4, -0.2) is 18.6 Å². The molecule has 0 radical (unpaired) electrons. The predicted octanol–water partition coefficient (Wildman–Crippen LogP) is 3.17. The summed E-state index contributed by atoms with van der Waals surface area (Å²) in [6.45, 7) is 4.53. The van der Waals surface area contributed by atoms with Gasteiger partial charge in [0.05, 0.1) is 12.8 Å². The number of nitrogens with zero attached hydrogens (tertiary/aromatic N) is 1. The molecule has 1 N–H and O–H groups in total. The molecule has 21 heavy (non-hydrogen) atoms. The number of benzene rings is 1. The molecule has 0 spiro atoms. The van der Waals surface area contributed by atoms with E-state index in [1.807, 2.05) is 30.3 Å². The van der Waals surface area contributed by atoms with Crippen LogP contribution in [0.4, 0.5) is 0 Å². The third kappa shape index (κ3) is 5.08. The molecule has 0 aliphatic heterocycles. The number of hydrogen-bond acceptors (Lipinski definition) is 4. The van der Waals surface area contributed by atoms with Crippen LogP contribution >= 0.6 is 0 Å². The topological polar surface area (TPSA) is 43.4 Å². The fraction of sp³-hybridized carbons (Fsp3) is 0.353. The van der Waals surface area contributed by atoms with Gasteiger partial charge < -0.3 is 14.8 Å². The van der Waals surface area contributed by atoms with Gasteiger partial charge in [-0.3, -0.25) is 0 Å². The van der Waals surface area contributed by atoms with Gasteiger partial charge in [-0.25, -0.2) is 4.98 Å². The fourth-order valence-electron chi connectivity index (χ4n) is 1.92. The predicted molar refractivity (Wildman–Crippen MR) is 83.6 cm³/mol. The van der Waals surface area contributed by atoms with E-state index in [0.29, 0.717) is 12.5 Å². The first-order chi connectivity index (χ1) is 10.3. The minimum absolute atomic E-state index is 0.435. The van der Waals surface area contributed by atoms with Gasteiger partial charge >= 0.3 is 0 Å². The maximum Gasteiger partial charge on any atom is 0.213 e. The van der Waals surface area contributed by atoms with Crippen molar-refractivity contribution in [3.05, 3.63) is 53.7 Å². The molecule has 4 nitrogen and oxygen atoms in total. The summed E-state index contributed by atoms with van der Waals surface area (Å²) in [5, 5.41) is 3.38. The second kappa shape index (κ2) is 8.27. The minimum atomic E-state index is 0.435. The number of hydrogen-bond donors (Lipinski definition) is 1. The van der Waals surface area contributed by atoms with Gasteiger partial charge in [0.25, 0.3) is 0 Å². The molecule has 0 bridgehead atoms. The maximum atomic E-state index is 5.73. The zero-order chi connectivity index (χ0) is 14.9. The Hall–Kier alpha value is -2.07. The van der Waals surface area contributed by atoms with Crippen LogP contribution in [0.5, 0.6) is 11.6 Å². The molecule has 1 aromatic carbocycles. The summed E-state index contributed by atoms with van der Waals surface area (Å²) in [5.41, 5.74) is 2.11. The van der Waals surface area contributed by atoms with Gasteiger partial charge in [-0.05, 0) is 36.7 Å². The lowest BCUT2D eigenvalue weighted by Gasteiger charge is -2.08. The van der Waals surface area contributed by atoms with Crippen molar-refractivity contribution in [2.75, 3.05) is 13.7 Å². The normalized spacial score (nSPS) is 10.4. The summed E-state index contributed by atoms with van der Waals surface area (Å²) >= 11 is 0. The standard InChI is InChI=1S/C17H22N2O2/c1-3-11-18-12-14-7-9-16(10-8-14)21-13-15-5-4-6-17(19-15)20-2/h4-10,18H,3,11-13H2,1-2H3. The van der Waals surface area contributed by atoms with Crippen LogP contribution in [0.3, 0.4) is 0 Å². The monoisotopic (exact) mass is 286 g/mol. The zero-order valence-electron chi connectivity index (χ0n) is 12.6. The van der Waals surface area contributed by atoms with E-state index in [2.05, 4.69) is 29.4 Å². The highest BCUT2D eigenvalue weighted by Crippen LogP contribution is 2.14. The average Bonchev–Trinajstić information content (AvgIpc) is 2.54. The average molecular weight is 286 g/mol. The van der Waals surface area contributed by atoms with Crippen LogP contribution in [0.2, 0.25) is 0 Å². The second-order valence-corrected chi connectivity index (χ2v) is 4.78. The third-order valence-electron chi connectivity index (χ3n) is 3.06. The lowest BCUT2D eigenvalue weighted by molar-refractivity contribution is 0.298. The summed E-state index contributed by atoms with van der Waals surface area (Å²) in [4.78, 5) is 4.32. The number of rotatable bonds is 8. The molecule has 2 aromatic rings. The molecule has 0 aliphatic carbocycles. The molecular formula is C17H22N2O2. The Morgan fingerprint density at radius 3 is 2.62 bits per heavy atom. The highest BCUT2D eigenvalue weighted by atomic mass is 16.5. The largest absolute Gasteiger partial charge is 0.487 e. The molecule has 0 saturated carbocycles. The number of methoxy groups -OCH3 is 1. The first-order valence-corrected chi connectivity index (χ1v) is 7.24. The SMILES string of the molecule is CCCNCc1ccc(OCc2cccc(OC)n2)cc1. The van der Waals surface area contributed by atoms with Crippen LogP contribution in [-0.2, 0) is 13.2 Å². The molecule has 0 fully saturated rings. The van der Waals surface area contributed by atoms with Crippen LogP contribution in [0.15, 0.2) is 42.5 Å². The molecule has 1 aromatic heterocycles. The summed E-state index contributed by atoms with van der Waals surface area (Å²) < 4.78 is 10.8. The molecule has 0 unspecified atom stereocenters. The lowest BCUT2D eigenvalue weighted by atomic mass is 10.2. The highest BCUT2D eigenvalue weighted by Gasteiger charge is 2.00. The Bertz CT molecular complexity index is 541. The van der Waals surface area contributed by atoms with Crippen molar-refractivity contribution in [3.8, 4) is 11.6 Å². The van der Waals surface area contributed by atoms with E-state index in [9.17, 15) is 0 Å². The number of aromatic nitrogens is 1. The van der Waals surface area contributed by atoms with Crippen LogP contribution < -0.4 is 14.8 Å². The second-order valence-electron chi connectivity index (χ2n) is 4.78. The number of nitrogens with one attached hydrogen (secondary N) is 1. The molecule has 0 saturated heterocycles. The Morgan fingerprint density at radius 1 is 1.10 bits per heavy atom. The fourth-order valence-corrected chi connectivity index (χ4v) is 1.92. The minimum Gasteiger partial charge on any atom is -0.487 e. The van der Waals surface area contributed by atoms with Crippen molar-refractivity contribution in [2.45, 2.75) is 26.5 Å². The van der Waals surface area contributed by atoms with E-state index in [1.165, 1.54) is 5.56 Å². The Morgan fingerprint density at radius 2 is 1.90 bits per heavy atom. The Labute approximate surface area is 126 Å². The van der Waals surface area contributed by atoms with Gasteiger partial charge in [-0.15, -0.1) is 0 Å². The van der Waals surface area contributed by atoms with Crippen molar-refractivity contribution in [1.29, 1.82) is 0 Å². The van der Waals surface area contributed by atoms with E-state index in [1.54, 1.807) is 7.11 Å². The summed E-state index contributed by atoms with van der Waals surface area (Å²) in [6, 6.07) is 13.8. The van der Waals surface area contributed by atoms with Gasteiger partial charge in [0, 0.05) is 12.6 Å². The summed E-state index contributed by atoms with van der Waals surface area (Å²) in [7, 11) is 1.61. The van der Waals surface area contributed by atoms with Crippen molar-refractivity contribution in [2.24, 2.45) is 0 Å². The molecular weight excluding hydrogens is 264 g/mol. The van der Waals surface area contributed by atoms with Crippen molar-refractivity contribution >= 4 is 0 Å². The maximum absolute atomic E-state index is 5.73. The first-order valence-electron chi connectivity index (χ1n) is 7.24. The molecule has 0 aliphatic rings. The van der Waals surface area contributed by atoms with Gasteiger partial charge in [-0.1, -0.05) is 25.1 Å². The van der Waals surface area contributed by atoms with E-state index in [4.69, 9.17) is 9.47 Å². The summed E-state index contributed by atoms with van der Waals surface area (Å²) in [5.74, 6) is 1.45. The van der Waals surface area contributed by atoms with Gasteiger partial charge in [0.2, 0.25) is 5.88 Å². The molecule has 4 heteroatoms.